The third-order valence-corrected chi connectivity index (χ3v) is 2.86. The molecule has 3 nitrogen and oxygen atoms in total. The monoisotopic (exact) mass is 260 g/mol. The number of alkyl halides is 3. The summed E-state index contributed by atoms with van der Waals surface area (Å²) in [6.45, 7) is 0. The molecule has 0 aliphatic carbocycles. The van der Waals surface area contributed by atoms with Crippen LogP contribution in [0.15, 0.2) is 24.4 Å². The zero-order valence-electron chi connectivity index (χ0n) is 8.65. The number of nitrogens with zero attached hydrogens (tertiary/aromatic N) is 2. The molecule has 0 atom stereocenters. The standard InChI is InChI=1S/C10H7F3N2OS/c1-16-9-3-2-6(5-14-9)7-4-8(17-15-7)10(11,12)13/h2-5H,1H3. The lowest BCUT2D eigenvalue weighted by Crippen LogP contribution is -2.00. The summed E-state index contributed by atoms with van der Waals surface area (Å²) in [5.74, 6) is 0.403. The predicted octanol–water partition coefficient (Wildman–Crippen LogP) is 3.23. The molecule has 0 amide bonds. The third kappa shape index (κ3) is 2.55. The second-order valence-electron chi connectivity index (χ2n) is 3.16. The topological polar surface area (TPSA) is 35.0 Å². The molecule has 7 heteroatoms. The maximum absolute atomic E-state index is 12.4. The van der Waals surface area contributed by atoms with Crippen molar-refractivity contribution in [2.75, 3.05) is 7.11 Å². The fraction of sp³-hybridized carbons (Fsp3) is 0.200. The molecular weight excluding hydrogens is 253 g/mol. The second-order valence-corrected chi connectivity index (χ2v) is 3.97. The molecule has 0 unspecified atom stereocenters. The summed E-state index contributed by atoms with van der Waals surface area (Å²) in [7, 11) is 1.46. The van der Waals surface area contributed by atoms with Crippen molar-refractivity contribution in [2.24, 2.45) is 0 Å². The molecule has 2 aromatic rings. The van der Waals surface area contributed by atoms with Gasteiger partial charge in [-0.15, -0.1) is 0 Å². The molecule has 0 aromatic carbocycles. The number of aromatic nitrogens is 2. The Morgan fingerprint density at radius 3 is 2.53 bits per heavy atom. The summed E-state index contributed by atoms with van der Waals surface area (Å²) in [6.07, 6.45) is -2.93. The highest BCUT2D eigenvalue weighted by atomic mass is 32.1. The fourth-order valence-corrected chi connectivity index (χ4v) is 1.82. The van der Waals surface area contributed by atoms with Gasteiger partial charge < -0.3 is 4.74 Å². The Balaban J connectivity index is 2.30. The van der Waals surface area contributed by atoms with Gasteiger partial charge in [-0.1, -0.05) is 0 Å². The van der Waals surface area contributed by atoms with Crippen LogP contribution < -0.4 is 4.74 Å². The highest BCUT2D eigenvalue weighted by molar-refractivity contribution is 7.06. The first-order chi connectivity index (χ1) is 8.00. The van der Waals surface area contributed by atoms with Crippen molar-refractivity contribution in [3.63, 3.8) is 0 Å². The van der Waals surface area contributed by atoms with Crippen molar-refractivity contribution in [3.8, 4) is 17.1 Å². The summed E-state index contributed by atoms with van der Waals surface area (Å²) in [4.78, 5) is 3.19. The Labute approximate surface area is 99.0 Å². The first kappa shape index (κ1) is 11.8. The lowest BCUT2D eigenvalue weighted by molar-refractivity contribution is -0.134. The Morgan fingerprint density at radius 1 is 1.29 bits per heavy atom. The van der Waals surface area contributed by atoms with Gasteiger partial charge in [-0.25, -0.2) is 4.98 Å². The van der Waals surface area contributed by atoms with Crippen molar-refractivity contribution in [3.05, 3.63) is 29.3 Å². The third-order valence-electron chi connectivity index (χ3n) is 2.03. The van der Waals surface area contributed by atoms with Crippen LogP contribution in [-0.4, -0.2) is 16.5 Å². The number of methoxy groups -OCH3 is 1. The fourth-order valence-electron chi connectivity index (χ4n) is 1.20. The molecule has 0 radical (unpaired) electrons. The van der Waals surface area contributed by atoms with E-state index in [9.17, 15) is 13.2 Å². The van der Waals surface area contributed by atoms with Gasteiger partial charge in [0.25, 0.3) is 0 Å². The predicted molar refractivity (Wildman–Crippen MR) is 56.9 cm³/mol. The average Bonchev–Trinajstić information content (AvgIpc) is 2.78. The highest BCUT2D eigenvalue weighted by Gasteiger charge is 2.33. The molecule has 0 fully saturated rings. The van der Waals surface area contributed by atoms with Gasteiger partial charge in [-0.05, 0) is 23.7 Å². The van der Waals surface area contributed by atoms with E-state index < -0.39 is 11.1 Å². The van der Waals surface area contributed by atoms with Crippen LogP contribution in [0.3, 0.4) is 0 Å². The Morgan fingerprint density at radius 2 is 2.06 bits per heavy atom. The molecule has 0 aliphatic rings. The molecule has 0 aliphatic heterocycles. The number of halogens is 3. The maximum Gasteiger partial charge on any atom is 0.427 e. The largest absolute Gasteiger partial charge is 0.481 e. The van der Waals surface area contributed by atoms with Gasteiger partial charge in [0.2, 0.25) is 5.88 Å². The van der Waals surface area contributed by atoms with Gasteiger partial charge in [0.15, 0.2) is 0 Å². The molecule has 0 saturated carbocycles. The lowest BCUT2D eigenvalue weighted by atomic mass is 10.2. The molecule has 0 saturated heterocycles. The number of pyridine rings is 1. The summed E-state index contributed by atoms with van der Waals surface area (Å²) >= 11 is 0.427. The van der Waals surface area contributed by atoms with Crippen molar-refractivity contribution in [1.82, 2.24) is 9.36 Å². The second kappa shape index (κ2) is 4.33. The molecule has 2 aromatic heterocycles. The van der Waals surface area contributed by atoms with E-state index in [1.54, 1.807) is 12.1 Å². The average molecular weight is 260 g/mol. The van der Waals surface area contributed by atoms with Gasteiger partial charge >= 0.3 is 6.18 Å². The minimum absolute atomic E-state index is 0.262. The van der Waals surface area contributed by atoms with Gasteiger partial charge in [-0.3, -0.25) is 0 Å². The van der Waals surface area contributed by atoms with Gasteiger partial charge in [0.05, 0.1) is 12.8 Å². The van der Waals surface area contributed by atoms with Crippen LogP contribution in [0.5, 0.6) is 5.88 Å². The molecular formula is C10H7F3N2OS. The number of hydrogen-bond donors (Lipinski definition) is 0. The van der Waals surface area contributed by atoms with E-state index in [0.29, 0.717) is 23.0 Å². The number of ether oxygens (including phenoxy) is 1. The summed E-state index contributed by atoms with van der Waals surface area (Å²) in [5.41, 5.74) is 0.787. The van der Waals surface area contributed by atoms with Crippen LogP contribution in [0.1, 0.15) is 4.88 Å². The molecule has 90 valence electrons. The number of hydrogen-bond acceptors (Lipinski definition) is 4. The van der Waals surface area contributed by atoms with Crippen LogP contribution in [0.2, 0.25) is 0 Å². The van der Waals surface area contributed by atoms with E-state index >= 15 is 0 Å². The highest BCUT2D eigenvalue weighted by Crippen LogP contribution is 2.35. The normalized spacial score (nSPS) is 11.5. The zero-order valence-corrected chi connectivity index (χ0v) is 9.47. The maximum atomic E-state index is 12.4. The molecule has 2 heterocycles. The van der Waals surface area contributed by atoms with Gasteiger partial charge in [0.1, 0.15) is 4.88 Å². The smallest absolute Gasteiger partial charge is 0.427 e. The van der Waals surface area contributed by atoms with Crippen molar-refractivity contribution < 1.29 is 17.9 Å². The minimum atomic E-state index is -4.35. The quantitative estimate of drug-likeness (QED) is 0.831. The van der Waals surface area contributed by atoms with Crippen LogP contribution in [-0.2, 0) is 6.18 Å². The van der Waals surface area contributed by atoms with Crippen LogP contribution >= 0.6 is 11.5 Å². The SMILES string of the molecule is COc1ccc(-c2cc(C(F)(F)F)sn2)cn1. The summed E-state index contributed by atoms with van der Waals surface area (Å²) in [5, 5.41) is 0. The van der Waals surface area contributed by atoms with E-state index in [1.165, 1.54) is 13.3 Å². The van der Waals surface area contributed by atoms with E-state index in [4.69, 9.17) is 4.74 Å². The van der Waals surface area contributed by atoms with Crippen LogP contribution in [0, 0.1) is 0 Å². The zero-order chi connectivity index (χ0) is 12.5. The van der Waals surface area contributed by atoms with E-state index in [0.717, 1.165) is 6.07 Å². The Hall–Kier alpha value is -1.63. The molecule has 0 N–H and O–H groups in total. The Kier molecular flexibility index (Phi) is 3.01. The van der Waals surface area contributed by atoms with E-state index in [-0.39, 0.29) is 5.69 Å². The molecule has 0 bridgehead atoms. The van der Waals surface area contributed by atoms with Crippen molar-refractivity contribution in [2.45, 2.75) is 6.18 Å². The molecule has 17 heavy (non-hydrogen) atoms. The number of rotatable bonds is 2. The van der Waals surface area contributed by atoms with E-state index in [1.807, 2.05) is 0 Å². The van der Waals surface area contributed by atoms with Gasteiger partial charge in [0, 0.05) is 17.8 Å². The first-order valence-corrected chi connectivity index (χ1v) is 5.32. The van der Waals surface area contributed by atoms with Crippen LogP contribution in [0.4, 0.5) is 13.2 Å². The summed E-state index contributed by atoms with van der Waals surface area (Å²) in [6, 6.07) is 4.19. The minimum Gasteiger partial charge on any atom is -0.481 e. The van der Waals surface area contributed by atoms with Gasteiger partial charge in [-0.2, -0.15) is 17.5 Å². The van der Waals surface area contributed by atoms with Crippen LogP contribution in [0.25, 0.3) is 11.3 Å². The Bertz CT molecular complexity index is 507. The molecule has 2 rings (SSSR count). The first-order valence-electron chi connectivity index (χ1n) is 4.55. The van der Waals surface area contributed by atoms with Crippen molar-refractivity contribution in [1.29, 1.82) is 0 Å². The molecule has 0 spiro atoms. The van der Waals surface area contributed by atoms with E-state index in [2.05, 4.69) is 9.36 Å². The van der Waals surface area contributed by atoms with Crippen molar-refractivity contribution >= 4 is 11.5 Å². The summed E-state index contributed by atoms with van der Waals surface area (Å²) < 4.78 is 45.7. The lowest BCUT2D eigenvalue weighted by Gasteiger charge is -2.00.